The van der Waals surface area contributed by atoms with E-state index in [-0.39, 0.29) is 0 Å². The summed E-state index contributed by atoms with van der Waals surface area (Å²) in [6, 6.07) is 0. The maximum atomic E-state index is 5.56. The Morgan fingerprint density at radius 1 is 1.53 bits per heavy atom. The Hall–Kier alpha value is -0.870. The zero-order valence-electron chi connectivity index (χ0n) is 10.5. The number of nitrogens with zero attached hydrogens (tertiary/aromatic N) is 2. The molecule has 3 rings (SSSR count). The Morgan fingerprint density at radius 3 is 3.18 bits per heavy atom. The fraction of sp³-hybridized carbons (Fsp3) is 0.769. The van der Waals surface area contributed by atoms with Crippen molar-refractivity contribution in [2.75, 3.05) is 19.8 Å². The van der Waals surface area contributed by atoms with E-state index in [1.54, 1.807) is 0 Å². The molecule has 17 heavy (non-hydrogen) atoms. The van der Waals surface area contributed by atoms with Crippen molar-refractivity contribution in [1.29, 1.82) is 0 Å². The van der Waals surface area contributed by atoms with Gasteiger partial charge in [0.2, 0.25) is 0 Å². The first kappa shape index (κ1) is 11.2. The second-order valence-electron chi connectivity index (χ2n) is 5.16. The van der Waals surface area contributed by atoms with E-state index in [1.807, 2.05) is 6.92 Å². The van der Waals surface area contributed by atoms with Gasteiger partial charge >= 0.3 is 0 Å². The molecule has 0 saturated heterocycles. The van der Waals surface area contributed by atoms with Crippen molar-refractivity contribution in [1.82, 2.24) is 15.1 Å². The molecule has 0 bridgehead atoms. The van der Waals surface area contributed by atoms with Gasteiger partial charge in [0, 0.05) is 37.7 Å². The molecule has 2 heterocycles. The first-order valence-corrected chi connectivity index (χ1v) is 6.71. The Balaban J connectivity index is 1.75. The first-order chi connectivity index (χ1) is 8.38. The van der Waals surface area contributed by atoms with Gasteiger partial charge < -0.3 is 10.1 Å². The third kappa shape index (κ3) is 2.38. The molecule has 94 valence electrons. The molecule has 4 heteroatoms. The molecular formula is C13H21N3O. The van der Waals surface area contributed by atoms with Crippen LogP contribution in [0.2, 0.25) is 0 Å². The van der Waals surface area contributed by atoms with Crippen molar-refractivity contribution >= 4 is 0 Å². The summed E-state index contributed by atoms with van der Waals surface area (Å²) in [5.74, 6) is 1.36. The highest BCUT2D eigenvalue weighted by Crippen LogP contribution is 2.32. The lowest BCUT2D eigenvalue weighted by Crippen LogP contribution is -2.31. The van der Waals surface area contributed by atoms with E-state index in [4.69, 9.17) is 4.74 Å². The summed E-state index contributed by atoms with van der Waals surface area (Å²) < 4.78 is 7.76. The van der Waals surface area contributed by atoms with Crippen LogP contribution in [-0.2, 0) is 17.8 Å². The molecule has 0 amide bonds. The van der Waals surface area contributed by atoms with Crippen LogP contribution in [0, 0.1) is 5.92 Å². The summed E-state index contributed by atoms with van der Waals surface area (Å²) in [7, 11) is 0. The smallest absolute Gasteiger partial charge is 0.0558 e. The quantitative estimate of drug-likeness (QED) is 0.841. The van der Waals surface area contributed by atoms with Gasteiger partial charge in [-0.05, 0) is 25.7 Å². The second kappa shape index (κ2) is 4.78. The normalized spacial score (nSPS) is 23.7. The van der Waals surface area contributed by atoms with Gasteiger partial charge in [-0.25, -0.2) is 0 Å². The van der Waals surface area contributed by atoms with Gasteiger partial charge in [0.1, 0.15) is 0 Å². The fourth-order valence-electron chi connectivity index (χ4n) is 2.55. The van der Waals surface area contributed by atoms with Gasteiger partial charge in [-0.15, -0.1) is 0 Å². The van der Waals surface area contributed by atoms with Crippen LogP contribution in [0.5, 0.6) is 0 Å². The van der Waals surface area contributed by atoms with Gasteiger partial charge in [-0.2, -0.15) is 5.10 Å². The molecule has 4 nitrogen and oxygen atoms in total. The van der Waals surface area contributed by atoms with E-state index in [1.165, 1.54) is 24.1 Å². The van der Waals surface area contributed by atoms with Crippen LogP contribution in [-0.4, -0.2) is 29.5 Å². The SMILES string of the molecule is CCOCC1CNCc2c1cnn2CC1CC1. The Bertz CT molecular complexity index is 384. The van der Waals surface area contributed by atoms with Gasteiger partial charge in [0.25, 0.3) is 0 Å². The number of aromatic nitrogens is 2. The van der Waals surface area contributed by atoms with E-state index in [9.17, 15) is 0 Å². The molecule has 1 aromatic heterocycles. The van der Waals surface area contributed by atoms with Crippen LogP contribution in [0.1, 0.15) is 36.9 Å². The Labute approximate surface area is 102 Å². The molecule has 1 saturated carbocycles. The molecule has 0 spiro atoms. The third-order valence-electron chi connectivity index (χ3n) is 3.76. The van der Waals surface area contributed by atoms with Crippen LogP contribution in [0.25, 0.3) is 0 Å². The number of ether oxygens (including phenoxy) is 1. The zero-order chi connectivity index (χ0) is 11.7. The van der Waals surface area contributed by atoms with E-state index in [0.717, 1.165) is 38.8 Å². The molecule has 1 atom stereocenters. The summed E-state index contributed by atoms with van der Waals surface area (Å²) in [5.41, 5.74) is 2.78. The fourth-order valence-corrected chi connectivity index (χ4v) is 2.55. The minimum Gasteiger partial charge on any atom is -0.381 e. The molecule has 0 radical (unpaired) electrons. The van der Waals surface area contributed by atoms with Gasteiger partial charge in [-0.1, -0.05) is 0 Å². The zero-order valence-corrected chi connectivity index (χ0v) is 10.5. The predicted molar refractivity (Wildman–Crippen MR) is 65.9 cm³/mol. The highest BCUT2D eigenvalue weighted by molar-refractivity contribution is 5.25. The number of fused-ring (bicyclic) bond motifs is 1. The van der Waals surface area contributed by atoms with Gasteiger partial charge in [0.15, 0.2) is 0 Å². The molecule has 1 aliphatic heterocycles. The summed E-state index contributed by atoms with van der Waals surface area (Å²) >= 11 is 0. The van der Waals surface area contributed by atoms with Crippen molar-refractivity contribution in [3.05, 3.63) is 17.5 Å². The number of hydrogen-bond acceptors (Lipinski definition) is 3. The predicted octanol–water partition coefficient (Wildman–Crippen LogP) is 1.52. The minimum absolute atomic E-state index is 0.478. The third-order valence-corrected chi connectivity index (χ3v) is 3.76. The van der Waals surface area contributed by atoms with E-state index < -0.39 is 0 Å². The largest absolute Gasteiger partial charge is 0.381 e. The lowest BCUT2D eigenvalue weighted by molar-refractivity contribution is 0.129. The molecular weight excluding hydrogens is 214 g/mol. The van der Waals surface area contributed by atoms with E-state index in [2.05, 4.69) is 21.3 Å². The average Bonchev–Trinajstić information content (AvgIpc) is 3.07. The lowest BCUT2D eigenvalue weighted by Gasteiger charge is -2.24. The Morgan fingerprint density at radius 2 is 2.41 bits per heavy atom. The molecule has 2 aliphatic rings. The summed E-state index contributed by atoms with van der Waals surface area (Å²) in [4.78, 5) is 0. The maximum Gasteiger partial charge on any atom is 0.0558 e. The van der Waals surface area contributed by atoms with Crippen molar-refractivity contribution in [2.24, 2.45) is 5.92 Å². The van der Waals surface area contributed by atoms with Crippen LogP contribution >= 0.6 is 0 Å². The van der Waals surface area contributed by atoms with Crippen LogP contribution in [0.15, 0.2) is 6.20 Å². The minimum atomic E-state index is 0.478. The highest BCUT2D eigenvalue weighted by Gasteiger charge is 2.27. The van der Waals surface area contributed by atoms with Crippen molar-refractivity contribution in [2.45, 2.75) is 38.8 Å². The van der Waals surface area contributed by atoms with E-state index in [0.29, 0.717) is 5.92 Å². The average molecular weight is 235 g/mol. The summed E-state index contributed by atoms with van der Waals surface area (Å²) in [6.07, 6.45) is 4.82. The first-order valence-electron chi connectivity index (χ1n) is 6.71. The monoisotopic (exact) mass is 235 g/mol. The van der Waals surface area contributed by atoms with Crippen LogP contribution in [0.4, 0.5) is 0 Å². The molecule has 1 aliphatic carbocycles. The standard InChI is InChI=1S/C13H21N3O/c1-2-17-9-11-5-14-7-13-12(11)6-15-16(13)8-10-3-4-10/h6,10-11,14H,2-5,7-9H2,1H3. The Kier molecular flexibility index (Phi) is 3.16. The van der Waals surface area contributed by atoms with Crippen molar-refractivity contribution < 1.29 is 4.74 Å². The second-order valence-corrected chi connectivity index (χ2v) is 5.16. The van der Waals surface area contributed by atoms with Gasteiger partial charge in [0.05, 0.1) is 18.5 Å². The molecule has 1 unspecified atom stereocenters. The number of hydrogen-bond donors (Lipinski definition) is 1. The number of nitrogens with one attached hydrogen (secondary N) is 1. The summed E-state index contributed by atoms with van der Waals surface area (Å²) in [6.45, 7) is 6.74. The topological polar surface area (TPSA) is 39.1 Å². The lowest BCUT2D eigenvalue weighted by atomic mass is 9.97. The van der Waals surface area contributed by atoms with Crippen LogP contribution in [0.3, 0.4) is 0 Å². The highest BCUT2D eigenvalue weighted by atomic mass is 16.5. The van der Waals surface area contributed by atoms with Gasteiger partial charge in [-0.3, -0.25) is 4.68 Å². The summed E-state index contributed by atoms with van der Waals surface area (Å²) in [5, 5.41) is 8.04. The number of rotatable bonds is 5. The molecule has 1 N–H and O–H groups in total. The molecule has 1 aromatic rings. The van der Waals surface area contributed by atoms with E-state index >= 15 is 0 Å². The van der Waals surface area contributed by atoms with Crippen LogP contribution < -0.4 is 5.32 Å². The van der Waals surface area contributed by atoms with Crippen molar-refractivity contribution in [3.8, 4) is 0 Å². The van der Waals surface area contributed by atoms with Crippen molar-refractivity contribution in [3.63, 3.8) is 0 Å². The molecule has 1 fully saturated rings. The molecule has 0 aromatic carbocycles. The maximum absolute atomic E-state index is 5.56.